The van der Waals surface area contributed by atoms with Crippen LogP contribution in [0.3, 0.4) is 0 Å². The van der Waals surface area contributed by atoms with Crippen LogP contribution in [0.5, 0.6) is 0 Å². The Morgan fingerprint density at radius 2 is 0.770 bits per heavy atom. The lowest BCUT2D eigenvalue weighted by Gasteiger charge is -2.14. The van der Waals surface area contributed by atoms with Crippen LogP contribution >= 0.6 is 11.3 Å². The van der Waals surface area contributed by atoms with Crippen molar-refractivity contribution in [3.8, 4) is 89.0 Å². The van der Waals surface area contributed by atoms with Crippen LogP contribution in [0.1, 0.15) is 0 Å². The van der Waals surface area contributed by atoms with Crippen molar-refractivity contribution in [1.29, 1.82) is 0 Å². The predicted molar refractivity (Wildman–Crippen MR) is 256 cm³/mol. The molecular formula is C57H37N3S. The Balaban J connectivity index is 1.21. The molecule has 0 saturated heterocycles. The van der Waals surface area contributed by atoms with Gasteiger partial charge >= 0.3 is 0 Å². The first kappa shape index (κ1) is 36.3. The highest BCUT2D eigenvalue weighted by molar-refractivity contribution is 7.24. The van der Waals surface area contributed by atoms with Gasteiger partial charge in [-0.05, 0) is 69.8 Å². The highest BCUT2D eigenvalue weighted by Crippen LogP contribution is 2.51. The maximum Gasteiger partial charge on any atom is 0.160 e. The minimum Gasteiger partial charge on any atom is -0.247 e. The molecule has 61 heavy (non-hydrogen) atoms. The number of hydrogen-bond acceptors (Lipinski definition) is 4. The van der Waals surface area contributed by atoms with E-state index in [1.54, 1.807) is 0 Å². The summed E-state index contributed by atoms with van der Waals surface area (Å²) in [5.74, 6) is 0.692. The highest BCUT2D eigenvalue weighted by Gasteiger charge is 2.24. The smallest absolute Gasteiger partial charge is 0.160 e. The Hall–Kier alpha value is -7.79. The summed E-state index contributed by atoms with van der Waals surface area (Å²) in [4.78, 5) is 17.0. The van der Waals surface area contributed by atoms with Crippen molar-refractivity contribution in [3.05, 3.63) is 224 Å². The second-order valence-corrected chi connectivity index (χ2v) is 16.2. The van der Waals surface area contributed by atoms with Crippen LogP contribution in [-0.2, 0) is 0 Å². The molecule has 0 aliphatic heterocycles. The van der Waals surface area contributed by atoms with Gasteiger partial charge in [-0.2, -0.15) is 0 Å². The lowest BCUT2D eigenvalue weighted by molar-refractivity contribution is 1.18. The number of nitrogens with zero attached hydrogens (tertiary/aromatic N) is 3. The van der Waals surface area contributed by atoms with Crippen LogP contribution in [0.2, 0.25) is 0 Å². The van der Waals surface area contributed by atoms with Gasteiger partial charge in [0.25, 0.3) is 0 Å². The normalized spacial score (nSPS) is 11.3. The van der Waals surface area contributed by atoms with Crippen LogP contribution in [0, 0.1) is 0 Å². The number of hydrogen-bond donors (Lipinski definition) is 0. The van der Waals surface area contributed by atoms with E-state index in [0.717, 1.165) is 72.3 Å². The third-order valence-electron chi connectivity index (χ3n) is 11.3. The van der Waals surface area contributed by atoms with E-state index in [-0.39, 0.29) is 0 Å². The van der Waals surface area contributed by atoms with Gasteiger partial charge in [-0.25, -0.2) is 15.0 Å². The van der Waals surface area contributed by atoms with Gasteiger partial charge in [0.2, 0.25) is 0 Å². The van der Waals surface area contributed by atoms with Crippen LogP contribution in [0.25, 0.3) is 110 Å². The van der Waals surface area contributed by atoms with Gasteiger partial charge in [0.1, 0.15) is 0 Å². The van der Waals surface area contributed by atoms with E-state index in [0.29, 0.717) is 5.82 Å². The van der Waals surface area contributed by atoms with E-state index in [1.807, 2.05) is 35.6 Å². The SMILES string of the molecule is c1ccc(-c2cc(-c3ccccc3)cc(-c3sc4c(c(-c5ccccc5)nc5ccccc54)c3-c3cccc(-c4cc(-c5ccccc5)nc(-c5ccccc5)n4)c3)c2)cc1. The molecule has 11 rings (SSSR count). The second kappa shape index (κ2) is 15.8. The molecule has 8 aromatic carbocycles. The molecule has 0 saturated carbocycles. The number of thiophene rings is 1. The second-order valence-electron chi connectivity index (χ2n) is 15.2. The predicted octanol–water partition coefficient (Wildman–Crippen LogP) is 15.6. The lowest BCUT2D eigenvalue weighted by atomic mass is 9.91. The Morgan fingerprint density at radius 1 is 0.311 bits per heavy atom. The Kier molecular flexibility index (Phi) is 9.38. The quantitative estimate of drug-likeness (QED) is 0.154. The van der Waals surface area contributed by atoms with Gasteiger partial charge in [0.05, 0.1) is 22.6 Å². The molecule has 3 heterocycles. The third-order valence-corrected chi connectivity index (χ3v) is 12.5. The van der Waals surface area contributed by atoms with Gasteiger partial charge in [-0.15, -0.1) is 11.3 Å². The van der Waals surface area contributed by atoms with Crippen molar-refractivity contribution < 1.29 is 0 Å². The average molecular weight is 796 g/mol. The van der Waals surface area contributed by atoms with Crippen molar-refractivity contribution in [2.75, 3.05) is 0 Å². The zero-order valence-corrected chi connectivity index (χ0v) is 33.9. The fourth-order valence-corrected chi connectivity index (χ4v) is 9.67. The molecule has 0 bridgehead atoms. The Labute approximate surface area is 359 Å². The summed E-state index contributed by atoms with van der Waals surface area (Å²) < 4.78 is 1.21. The van der Waals surface area contributed by atoms with Crippen LogP contribution in [0.4, 0.5) is 0 Å². The van der Waals surface area contributed by atoms with E-state index in [9.17, 15) is 0 Å². The van der Waals surface area contributed by atoms with E-state index in [1.165, 1.54) is 31.8 Å². The number of fused-ring (bicyclic) bond motifs is 3. The lowest BCUT2D eigenvalue weighted by Crippen LogP contribution is -1.96. The van der Waals surface area contributed by atoms with E-state index < -0.39 is 0 Å². The fourth-order valence-electron chi connectivity index (χ4n) is 8.33. The van der Waals surface area contributed by atoms with Crippen molar-refractivity contribution in [1.82, 2.24) is 15.0 Å². The molecule has 3 aromatic heterocycles. The largest absolute Gasteiger partial charge is 0.247 e. The topological polar surface area (TPSA) is 38.7 Å². The van der Waals surface area contributed by atoms with Crippen molar-refractivity contribution in [3.63, 3.8) is 0 Å². The molecule has 0 N–H and O–H groups in total. The molecular weight excluding hydrogens is 759 g/mol. The molecule has 0 aliphatic rings. The molecule has 286 valence electrons. The first-order chi connectivity index (χ1) is 30.2. The van der Waals surface area contributed by atoms with E-state index >= 15 is 0 Å². The number of rotatable bonds is 8. The molecule has 0 unspecified atom stereocenters. The molecule has 11 aromatic rings. The molecule has 0 radical (unpaired) electrons. The molecule has 0 fully saturated rings. The Bertz CT molecular complexity index is 3210. The van der Waals surface area contributed by atoms with Crippen LogP contribution in [-0.4, -0.2) is 15.0 Å². The highest BCUT2D eigenvalue weighted by atomic mass is 32.1. The minimum atomic E-state index is 0.692. The number of pyridine rings is 1. The monoisotopic (exact) mass is 795 g/mol. The Morgan fingerprint density at radius 3 is 1.39 bits per heavy atom. The number of para-hydroxylation sites is 1. The van der Waals surface area contributed by atoms with Gasteiger partial charge in [0, 0.05) is 48.2 Å². The summed E-state index contributed by atoms with van der Waals surface area (Å²) in [6, 6.07) is 79.2. The van der Waals surface area contributed by atoms with Crippen molar-refractivity contribution in [2.45, 2.75) is 0 Å². The third kappa shape index (κ3) is 6.99. The molecule has 3 nitrogen and oxygen atoms in total. The molecule has 0 spiro atoms. The summed E-state index contributed by atoms with van der Waals surface area (Å²) in [5, 5.41) is 2.29. The number of benzene rings is 8. The van der Waals surface area contributed by atoms with Gasteiger partial charge in [-0.3, -0.25) is 0 Å². The molecule has 4 heteroatoms. The summed E-state index contributed by atoms with van der Waals surface area (Å²) in [5.41, 5.74) is 15.9. The zero-order valence-electron chi connectivity index (χ0n) is 33.1. The summed E-state index contributed by atoms with van der Waals surface area (Å²) in [7, 11) is 0. The molecule has 0 amide bonds. The maximum absolute atomic E-state index is 5.45. The summed E-state index contributed by atoms with van der Waals surface area (Å²) >= 11 is 1.85. The van der Waals surface area contributed by atoms with Gasteiger partial charge in [-0.1, -0.05) is 188 Å². The van der Waals surface area contributed by atoms with Crippen molar-refractivity contribution in [2.24, 2.45) is 0 Å². The molecule has 0 aliphatic carbocycles. The van der Waals surface area contributed by atoms with Crippen molar-refractivity contribution >= 4 is 32.3 Å². The first-order valence-corrected chi connectivity index (χ1v) is 21.3. The number of aromatic nitrogens is 3. The summed E-state index contributed by atoms with van der Waals surface area (Å²) in [6.45, 7) is 0. The average Bonchev–Trinajstić information content (AvgIpc) is 3.76. The minimum absolute atomic E-state index is 0.692. The van der Waals surface area contributed by atoms with Gasteiger partial charge < -0.3 is 0 Å². The first-order valence-electron chi connectivity index (χ1n) is 20.5. The van der Waals surface area contributed by atoms with Crippen LogP contribution in [0.15, 0.2) is 224 Å². The van der Waals surface area contributed by atoms with E-state index in [4.69, 9.17) is 15.0 Å². The zero-order chi connectivity index (χ0) is 40.5. The van der Waals surface area contributed by atoms with E-state index in [2.05, 4.69) is 200 Å². The van der Waals surface area contributed by atoms with Crippen LogP contribution < -0.4 is 0 Å². The summed E-state index contributed by atoms with van der Waals surface area (Å²) in [6.07, 6.45) is 0. The molecule has 0 atom stereocenters. The fraction of sp³-hybridized carbons (Fsp3) is 0. The van der Waals surface area contributed by atoms with Gasteiger partial charge in [0.15, 0.2) is 5.82 Å². The standard InChI is InChI=1S/C57H37N3S/c1-6-19-38(20-7-1)45-34-46(39-21-8-2-9-22-39)36-47(35-45)55-52(53-54(41-25-12-4-13-26-41)58-49-32-17-16-31-48(49)56(53)61-55)44-30-18-29-43(33-44)51-37-50(40-23-10-3-11-24-40)59-57(60-51)42-27-14-5-15-28-42/h1-37H. The maximum atomic E-state index is 5.45.